The SMILES string of the molecule is CCC1(CC)NC(=O)N(CC(=O)Nc2c([N+](=O)[O-])ccc(C)c2C)C1=O. The zero-order valence-electron chi connectivity index (χ0n) is 15.2. The lowest BCUT2D eigenvalue weighted by Gasteiger charge is -2.23. The molecule has 9 heteroatoms. The number of imide groups is 1. The van der Waals surface area contributed by atoms with Crippen LogP contribution < -0.4 is 10.6 Å². The Morgan fingerprint density at radius 1 is 1.27 bits per heavy atom. The van der Waals surface area contributed by atoms with Crippen LogP contribution >= 0.6 is 0 Å². The maximum absolute atomic E-state index is 12.5. The van der Waals surface area contributed by atoms with Crippen LogP contribution in [0.3, 0.4) is 0 Å². The smallest absolute Gasteiger partial charge is 0.323 e. The molecular weight excluding hydrogens is 340 g/mol. The van der Waals surface area contributed by atoms with Gasteiger partial charge in [-0.1, -0.05) is 19.9 Å². The first-order valence-electron chi connectivity index (χ1n) is 8.35. The number of nitrogens with one attached hydrogen (secondary N) is 2. The van der Waals surface area contributed by atoms with Gasteiger partial charge in [0.05, 0.1) is 4.92 Å². The van der Waals surface area contributed by atoms with Crippen LogP contribution in [0, 0.1) is 24.0 Å². The zero-order chi connectivity index (χ0) is 19.6. The molecule has 1 fully saturated rings. The number of rotatable bonds is 6. The number of anilines is 1. The summed E-state index contributed by atoms with van der Waals surface area (Å²) in [6.07, 6.45) is 0.823. The van der Waals surface area contributed by atoms with Crippen molar-refractivity contribution in [3.63, 3.8) is 0 Å². The minimum absolute atomic E-state index is 0.0734. The van der Waals surface area contributed by atoms with Crippen LogP contribution in [0.1, 0.15) is 37.8 Å². The van der Waals surface area contributed by atoms with Gasteiger partial charge in [-0.05, 0) is 37.8 Å². The summed E-state index contributed by atoms with van der Waals surface area (Å²) < 4.78 is 0. The van der Waals surface area contributed by atoms with Gasteiger partial charge in [0.1, 0.15) is 17.8 Å². The van der Waals surface area contributed by atoms with Crippen molar-refractivity contribution in [1.82, 2.24) is 10.2 Å². The van der Waals surface area contributed by atoms with Gasteiger partial charge in [-0.15, -0.1) is 0 Å². The largest absolute Gasteiger partial charge is 0.325 e. The first-order valence-corrected chi connectivity index (χ1v) is 8.35. The van der Waals surface area contributed by atoms with Crippen LogP contribution in [0.25, 0.3) is 0 Å². The van der Waals surface area contributed by atoms with Crippen molar-refractivity contribution in [3.8, 4) is 0 Å². The van der Waals surface area contributed by atoms with Crippen LogP contribution in [0.15, 0.2) is 12.1 Å². The minimum atomic E-state index is -0.997. The summed E-state index contributed by atoms with van der Waals surface area (Å²) in [5.41, 5.74) is 0.167. The molecule has 140 valence electrons. The molecule has 1 saturated heterocycles. The highest BCUT2D eigenvalue weighted by atomic mass is 16.6. The predicted molar refractivity (Wildman–Crippen MR) is 94.8 cm³/mol. The molecule has 0 atom stereocenters. The van der Waals surface area contributed by atoms with Crippen LogP contribution in [-0.2, 0) is 9.59 Å². The average molecular weight is 362 g/mol. The third-order valence-corrected chi connectivity index (χ3v) is 4.93. The number of aryl methyl sites for hydroxylation is 1. The van der Waals surface area contributed by atoms with Gasteiger partial charge in [-0.25, -0.2) is 4.79 Å². The van der Waals surface area contributed by atoms with Crippen LogP contribution in [0.2, 0.25) is 0 Å². The van der Waals surface area contributed by atoms with E-state index in [9.17, 15) is 24.5 Å². The lowest BCUT2D eigenvalue weighted by Crippen LogP contribution is -2.46. The lowest BCUT2D eigenvalue weighted by molar-refractivity contribution is -0.384. The van der Waals surface area contributed by atoms with Crippen LogP contribution in [0.4, 0.5) is 16.2 Å². The lowest BCUT2D eigenvalue weighted by atomic mass is 9.93. The molecule has 1 aliphatic rings. The summed E-state index contributed by atoms with van der Waals surface area (Å²) in [6, 6.07) is 2.27. The Hall–Kier alpha value is -2.97. The second kappa shape index (κ2) is 7.11. The molecule has 2 rings (SSSR count). The Bertz CT molecular complexity index is 786. The number of urea groups is 1. The van der Waals surface area contributed by atoms with E-state index in [2.05, 4.69) is 10.6 Å². The van der Waals surface area contributed by atoms with Crippen molar-refractivity contribution in [1.29, 1.82) is 0 Å². The first-order chi connectivity index (χ1) is 12.2. The van der Waals surface area contributed by atoms with Crippen molar-refractivity contribution in [2.24, 2.45) is 0 Å². The molecular formula is C17H22N4O5. The first kappa shape index (κ1) is 19.4. The number of amides is 4. The van der Waals surface area contributed by atoms with Gasteiger partial charge < -0.3 is 10.6 Å². The standard InChI is InChI=1S/C17H22N4O5/c1-5-17(6-2)15(23)20(16(24)19-17)9-13(22)18-14-11(4)10(3)7-8-12(14)21(25)26/h7-8H,5-6,9H2,1-4H3,(H,18,22)(H,19,24). The molecule has 4 amide bonds. The van der Waals surface area contributed by atoms with E-state index in [1.54, 1.807) is 33.8 Å². The third-order valence-electron chi connectivity index (χ3n) is 4.93. The van der Waals surface area contributed by atoms with E-state index in [-0.39, 0.29) is 11.4 Å². The highest BCUT2D eigenvalue weighted by Gasteiger charge is 2.49. The molecule has 26 heavy (non-hydrogen) atoms. The summed E-state index contributed by atoms with van der Waals surface area (Å²) in [4.78, 5) is 48.5. The zero-order valence-corrected chi connectivity index (χ0v) is 15.2. The maximum Gasteiger partial charge on any atom is 0.325 e. The molecule has 2 N–H and O–H groups in total. The third kappa shape index (κ3) is 3.24. The molecule has 0 radical (unpaired) electrons. The van der Waals surface area contributed by atoms with Crippen LogP contribution in [0.5, 0.6) is 0 Å². The molecule has 0 bridgehead atoms. The fraction of sp³-hybridized carbons (Fsp3) is 0.471. The fourth-order valence-electron chi connectivity index (χ4n) is 2.98. The van der Waals surface area contributed by atoms with Gasteiger partial charge in [0, 0.05) is 6.07 Å². The Morgan fingerprint density at radius 2 is 1.88 bits per heavy atom. The summed E-state index contributed by atoms with van der Waals surface area (Å²) >= 11 is 0. The van der Waals surface area contributed by atoms with Crippen molar-refractivity contribution in [2.45, 2.75) is 46.1 Å². The van der Waals surface area contributed by atoms with Crippen molar-refractivity contribution >= 4 is 29.2 Å². The van der Waals surface area contributed by atoms with Gasteiger partial charge in [0.2, 0.25) is 5.91 Å². The van der Waals surface area contributed by atoms with E-state index < -0.39 is 34.9 Å². The Balaban J connectivity index is 2.23. The normalized spacial score (nSPS) is 15.8. The molecule has 0 aliphatic carbocycles. The minimum Gasteiger partial charge on any atom is -0.323 e. The molecule has 0 aromatic heterocycles. The summed E-state index contributed by atoms with van der Waals surface area (Å²) in [6.45, 7) is 6.49. The molecule has 1 aliphatic heterocycles. The molecule has 0 spiro atoms. The van der Waals surface area contributed by atoms with E-state index in [0.717, 1.165) is 10.5 Å². The molecule has 0 saturated carbocycles. The second-order valence-electron chi connectivity index (χ2n) is 6.32. The van der Waals surface area contributed by atoms with E-state index >= 15 is 0 Å². The number of hydrogen-bond acceptors (Lipinski definition) is 5. The van der Waals surface area contributed by atoms with Gasteiger partial charge >= 0.3 is 6.03 Å². The highest BCUT2D eigenvalue weighted by Crippen LogP contribution is 2.30. The molecule has 9 nitrogen and oxygen atoms in total. The summed E-state index contributed by atoms with van der Waals surface area (Å²) in [5, 5.41) is 16.3. The Morgan fingerprint density at radius 3 is 2.38 bits per heavy atom. The van der Waals surface area contributed by atoms with E-state index in [4.69, 9.17) is 0 Å². The van der Waals surface area contributed by atoms with E-state index in [1.165, 1.54) is 6.07 Å². The van der Waals surface area contributed by atoms with Crippen molar-refractivity contribution in [2.75, 3.05) is 11.9 Å². The molecule has 1 aromatic rings. The quantitative estimate of drug-likeness (QED) is 0.457. The van der Waals surface area contributed by atoms with Gasteiger partial charge in [-0.3, -0.25) is 24.6 Å². The monoisotopic (exact) mass is 362 g/mol. The van der Waals surface area contributed by atoms with Crippen molar-refractivity contribution in [3.05, 3.63) is 33.4 Å². The molecule has 1 heterocycles. The Labute approximate surface area is 150 Å². The maximum atomic E-state index is 12.5. The number of nitrogens with zero attached hydrogens (tertiary/aromatic N) is 2. The number of carbonyl (C=O) groups is 3. The van der Waals surface area contributed by atoms with Gasteiger partial charge in [0.25, 0.3) is 11.6 Å². The van der Waals surface area contributed by atoms with Crippen LogP contribution in [-0.4, -0.2) is 39.8 Å². The number of nitro benzene ring substituents is 1. The number of benzene rings is 1. The fourth-order valence-corrected chi connectivity index (χ4v) is 2.98. The van der Waals surface area contributed by atoms with E-state index in [1.807, 2.05) is 0 Å². The number of hydrogen-bond donors (Lipinski definition) is 2. The number of nitro groups is 1. The predicted octanol–water partition coefficient (Wildman–Crippen LogP) is 2.26. The van der Waals surface area contributed by atoms with E-state index in [0.29, 0.717) is 18.4 Å². The Kier molecular flexibility index (Phi) is 5.29. The molecule has 1 aromatic carbocycles. The second-order valence-corrected chi connectivity index (χ2v) is 6.32. The topological polar surface area (TPSA) is 122 Å². The summed E-state index contributed by atoms with van der Waals surface area (Å²) in [7, 11) is 0. The van der Waals surface area contributed by atoms with Gasteiger partial charge in [-0.2, -0.15) is 0 Å². The summed E-state index contributed by atoms with van der Waals surface area (Å²) in [5.74, 6) is -1.13. The van der Waals surface area contributed by atoms with Gasteiger partial charge in [0.15, 0.2) is 0 Å². The van der Waals surface area contributed by atoms with Crippen molar-refractivity contribution < 1.29 is 19.3 Å². The average Bonchev–Trinajstić information content (AvgIpc) is 2.83. The molecule has 0 unspecified atom stereocenters. The highest BCUT2D eigenvalue weighted by molar-refractivity contribution is 6.10. The number of carbonyl (C=O) groups excluding carboxylic acids is 3.